The Morgan fingerprint density at radius 1 is 1.30 bits per heavy atom. The highest BCUT2D eigenvalue weighted by atomic mass is 32.1. The fraction of sp³-hybridized carbons (Fsp3) is 0.765. The van der Waals surface area contributed by atoms with E-state index in [0.717, 1.165) is 44.8 Å². The van der Waals surface area contributed by atoms with Gasteiger partial charge in [0.15, 0.2) is 4.77 Å². The van der Waals surface area contributed by atoms with Gasteiger partial charge in [0.25, 0.3) is 5.56 Å². The van der Waals surface area contributed by atoms with Crippen LogP contribution in [0.1, 0.15) is 52.4 Å². The summed E-state index contributed by atoms with van der Waals surface area (Å²) in [5.41, 5.74) is 3.10. The van der Waals surface area contributed by atoms with Crippen LogP contribution in [0.25, 0.3) is 0 Å². The molecule has 1 heterocycles. The maximum Gasteiger partial charge on any atom is 0.251 e. The van der Waals surface area contributed by atoms with Gasteiger partial charge in [0.1, 0.15) is 0 Å². The van der Waals surface area contributed by atoms with Gasteiger partial charge in [0.05, 0.1) is 6.61 Å². The second-order valence-corrected chi connectivity index (χ2v) is 7.23. The van der Waals surface area contributed by atoms with Gasteiger partial charge in [-0.3, -0.25) is 9.78 Å². The monoisotopic (exact) mass is 339 g/mol. The Morgan fingerprint density at radius 2 is 2.09 bits per heavy atom. The molecule has 1 aromatic rings. The fourth-order valence-electron chi connectivity index (χ4n) is 3.32. The van der Waals surface area contributed by atoms with Gasteiger partial charge in [-0.2, -0.15) is 5.48 Å². The standard InChI is InChI=1S/C17H29N3O2S/c1-13-11-14(2)15(12-13)19-22-10-6-4-3-5-8-20-9-7-16(21)18-17(20)23/h7,9,13-15,19H,3-6,8,10-12H2,1-2H3,(H,18,21,23). The van der Waals surface area contributed by atoms with Gasteiger partial charge in [-0.25, -0.2) is 0 Å². The molecule has 2 N–H and O–H groups in total. The fourth-order valence-corrected chi connectivity index (χ4v) is 3.57. The van der Waals surface area contributed by atoms with Crippen molar-refractivity contribution in [3.63, 3.8) is 0 Å². The minimum Gasteiger partial charge on any atom is -0.325 e. The Labute approximate surface area is 143 Å². The number of H-pyrrole nitrogens is 1. The maximum absolute atomic E-state index is 11.1. The molecule has 1 fully saturated rings. The van der Waals surface area contributed by atoms with Crippen molar-refractivity contribution in [1.82, 2.24) is 15.0 Å². The van der Waals surface area contributed by atoms with E-state index in [4.69, 9.17) is 17.1 Å². The number of unbranched alkanes of at least 4 members (excludes halogenated alkanes) is 3. The lowest BCUT2D eigenvalue weighted by molar-refractivity contribution is 0.00608. The Balaban J connectivity index is 1.50. The lowest BCUT2D eigenvalue weighted by Gasteiger charge is -2.16. The Hall–Kier alpha value is -0.980. The highest BCUT2D eigenvalue weighted by Gasteiger charge is 2.28. The number of aromatic amines is 1. The smallest absolute Gasteiger partial charge is 0.251 e. The highest BCUT2D eigenvalue weighted by Crippen LogP contribution is 2.30. The zero-order chi connectivity index (χ0) is 16.7. The van der Waals surface area contributed by atoms with Gasteiger partial charge in [-0.05, 0) is 49.7 Å². The summed E-state index contributed by atoms with van der Waals surface area (Å²) in [6, 6.07) is 2.03. The first kappa shape index (κ1) is 18.4. The van der Waals surface area contributed by atoms with Crippen molar-refractivity contribution in [3.8, 4) is 0 Å². The molecule has 2 rings (SSSR count). The predicted molar refractivity (Wildman–Crippen MR) is 94.8 cm³/mol. The molecule has 6 heteroatoms. The van der Waals surface area contributed by atoms with Gasteiger partial charge in [-0.15, -0.1) is 0 Å². The summed E-state index contributed by atoms with van der Waals surface area (Å²) >= 11 is 5.12. The third-order valence-electron chi connectivity index (χ3n) is 4.64. The molecule has 1 aromatic heterocycles. The lowest BCUT2D eigenvalue weighted by atomic mass is 10.1. The largest absolute Gasteiger partial charge is 0.325 e. The van der Waals surface area contributed by atoms with E-state index >= 15 is 0 Å². The van der Waals surface area contributed by atoms with Crippen molar-refractivity contribution in [2.24, 2.45) is 11.8 Å². The molecule has 3 atom stereocenters. The minimum absolute atomic E-state index is 0.137. The molecule has 1 aliphatic rings. The third-order valence-corrected chi connectivity index (χ3v) is 4.98. The second kappa shape index (κ2) is 9.35. The van der Waals surface area contributed by atoms with Crippen LogP contribution >= 0.6 is 12.2 Å². The molecule has 0 aromatic carbocycles. The highest BCUT2D eigenvalue weighted by molar-refractivity contribution is 7.71. The maximum atomic E-state index is 11.1. The van der Waals surface area contributed by atoms with E-state index < -0.39 is 0 Å². The van der Waals surface area contributed by atoms with E-state index in [-0.39, 0.29) is 5.56 Å². The van der Waals surface area contributed by atoms with E-state index in [9.17, 15) is 4.79 Å². The van der Waals surface area contributed by atoms with Crippen LogP contribution in [0.3, 0.4) is 0 Å². The Morgan fingerprint density at radius 3 is 2.78 bits per heavy atom. The summed E-state index contributed by atoms with van der Waals surface area (Å²) in [6.45, 7) is 6.24. The summed E-state index contributed by atoms with van der Waals surface area (Å²) in [4.78, 5) is 19.4. The molecular weight excluding hydrogens is 310 g/mol. The van der Waals surface area contributed by atoms with Crippen LogP contribution in [-0.2, 0) is 11.4 Å². The predicted octanol–water partition coefficient (Wildman–Crippen LogP) is 3.42. The summed E-state index contributed by atoms with van der Waals surface area (Å²) in [5.74, 6) is 1.53. The van der Waals surface area contributed by atoms with E-state index in [1.807, 2.05) is 4.57 Å². The first-order valence-corrected chi connectivity index (χ1v) is 9.14. The molecular formula is C17H29N3O2S. The Kier molecular flexibility index (Phi) is 7.46. The molecule has 3 unspecified atom stereocenters. The number of hydrogen-bond donors (Lipinski definition) is 2. The van der Waals surface area contributed by atoms with Crippen molar-refractivity contribution >= 4 is 12.2 Å². The van der Waals surface area contributed by atoms with Crippen molar-refractivity contribution < 1.29 is 4.84 Å². The van der Waals surface area contributed by atoms with Crippen LogP contribution < -0.4 is 11.0 Å². The van der Waals surface area contributed by atoms with Crippen molar-refractivity contribution in [1.29, 1.82) is 0 Å². The zero-order valence-electron chi connectivity index (χ0n) is 14.2. The van der Waals surface area contributed by atoms with Crippen LogP contribution in [0.2, 0.25) is 0 Å². The molecule has 0 spiro atoms. The molecule has 1 saturated carbocycles. The van der Waals surface area contributed by atoms with E-state index in [2.05, 4.69) is 24.3 Å². The molecule has 0 amide bonds. The lowest BCUT2D eigenvalue weighted by Crippen LogP contribution is -2.31. The summed E-state index contributed by atoms with van der Waals surface area (Å²) in [5, 5.41) is 0. The normalized spacial score (nSPS) is 24.2. The third kappa shape index (κ3) is 6.20. The average molecular weight is 340 g/mol. The molecule has 0 aliphatic heterocycles. The van der Waals surface area contributed by atoms with Crippen LogP contribution in [-0.4, -0.2) is 22.2 Å². The first-order valence-electron chi connectivity index (χ1n) is 8.73. The van der Waals surface area contributed by atoms with Crippen molar-refractivity contribution in [2.45, 2.75) is 65.0 Å². The van der Waals surface area contributed by atoms with E-state index in [1.54, 1.807) is 6.20 Å². The number of hydroxylamine groups is 1. The average Bonchev–Trinajstić information content (AvgIpc) is 2.81. The van der Waals surface area contributed by atoms with Crippen LogP contribution in [0, 0.1) is 16.6 Å². The molecule has 5 nitrogen and oxygen atoms in total. The van der Waals surface area contributed by atoms with E-state index in [0.29, 0.717) is 16.7 Å². The molecule has 0 saturated heterocycles. The van der Waals surface area contributed by atoms with Crippen molar-refractivity contribution in [2.75, 3.05) is 6.61 Å². The van der Waals surface area contributed by atoms with Gasteiger partial charge in [0, 0.05) is 24.8 Å². The number of rotatable bonds is 9. The molecule has 0 bridgehead atoms. The first-order chi connectivity index (χ1) is 11.1. The number of nitrogens with zero attached hydrogens (tertiary/aromatic N) is 1. The second-order valence-electron chi connectivity index (χ2n) is 6.84. The van der Waals surface area contributed by atoms with Crippen molar-refractivity contribution in [3.05, 3.63) is 27.4 Å². The van der Waals surface area contributed by atoms with Gasteiger partial charge in [-0.1, -0.05) is 26.7 Å². The molecule has 1 aliphatic carbocycles. The van der Waals surface area contributed by atoms with Crippen LogP contribution in [0.4, 0.5) is 0 Å². The van der Waals surface area contributed by atoms with Gasteiger partial charge in [0.2, 0.25) is 0 Å². The van der Waals surface area contributed by atoms with Crippen LogP contribution in [0.5, 0.6) is 0 Å². The SMILES string of the molecule is CC1CC(C)C(NOCCCCCCn2ccc(=O)[nH]c2=S)C1. The summed E-state index contributed by atoms with van der Waals surface area (Å²) < 4.78 is 2.42. The topological polar surface area (TPSA) is 59.0 Å². The molecule has 23 heavy (non-hydrogen) atoms. The quantitative estimate of drug-likeness (QED) is 0.411. The minimum atomic E-state index is -0.137. The summed E-state index contributed by atoms with van der Waals surface area (Å²) in [7, 11) is 0. The number of aryl methyl sites for hydroxylation is 1. The van der Waals surface area contributed by atoms with Gasteiger partial charge < -0.3 is 9.40 Å². The van der Waals surface area contributed by atoms with Crippen LogP contribution in [0.15, 0.2) is 17.1 Å². The van der Waals surface area contributed by atoms with E-state index in [1.165, 1.54) is 18.9 Å². The molecule has 130 valence electrons. The van der Waals surface area contributed by atoms with Gasteiger partial charge >= 0.3 is 0 Å². The number of nitrogens with one attached hydrogen (secondary N) is 2. The Bertz CT molecular complexity index is 584. The zero-order valence-corrected chi connectivity index (χ0v) is 15.0. The number of hydrogen-bond acceptors (Lipinski definition) is 4. The summed E-state index contributed by atoms with van der Waals surface area (Å²) in [6.07, 6.45) is 8.70. The molecule has 0 radical (unpaired) electrons. The number of aromatic nitrogens is 2.